The molecule has 102 valence electrons. The summed E-state index contributed by atoms with van der Waals surface area (Å²) in [6.45, 7) is 5.57. The molecule has 2 rings (SSSR count). The normalized spacial score (nSPS) is 11.9. The van der Waals surface area contributed by atoms with Gasteiger partial charge in [0.1, 0.15) is 5.82 Å². The molecule has 0 atom stereocenters. The molecule has 0 saturated carbocycles. The van der Waals surface area contributed by atoms with Gasteiger partial charge in [-0.05, 0) is 31.9 Å². The molecule has 2 aromatic rings. The smallest absolute Gasteiger partial charge is 0.384 e. The number of hydrogen-bond acceptors (Lipinski definition) is 2. The quantitative estimate of drug-likeness (QED) is 0.862. The van der Waals surface area contributed by atoms with Crippen LogP contribution in [0, 0.1) is 20.8 Å². The number of nitrogen functional groups attached to an aromatic ring is 1. The maximum Gasteiger partial charge on any atom is 0.435 e. The molecular formula is C13H14F3N3. The molecule has 19 heavy (non-hydrogen) atoms. The average Bonchev–Trinajstić information content (AvgIpc) is 2.59. The summed E-state index contributed by atoms with van der Waals surface area (Å²) in [5.74, 6) is -0.0256. The molecule has 3 nitrogen and oxygen atoms in total. The first-order valence-electron chi connectivity index (χ1n) is 5.71. The van der Waals surface area contributed by atoms with Crippen LogP contribution in [0.2, 0.25) is 0 Å². The minimum atomic E-state index is -4.49. The van der Waals surface area contributed by atoms with Crippen molar-refractivity contribution >= 4 is 5.82 Å². The van der Waals surface area contributed by atoms with Crippen molar-refractivity contribution in [2.24, 2.45) is 0 Å². The van der Waals surface area contributed by atoms with Crippen LogP contribution in [0.5, 0.6) is 0 Å². The number of halogens is 3. The largest absolute Gasteiger partial charge is 0.435 e. The van der Waals surface area contributed by atoms with Crippen LogP contribution < -0.4 is 5.73 Å². The fourth-order valence-electron chi connectivity index (χ4n) is 2.22. The molecule has 2 N–H and O–H groups in total. The molecule has 0 saturated heterocycles. The van der Waals surface area contributed by atoms with Gasteiger partial charge in [0.05, 0.1) is 5.69 Å². The lowest BCUT2D eigenvalue weighted by Crippen LogP contribution is -2.09. The van der Waals surface area contributed by atoms with Gasteiger partial charge in [-0.15, -0.1) is 0 Å². The van der Waals surface area contributed by atoms with Crippen LogP contribution in [-0.2, 0) is 6.18 Å². The Morgan fingerprint density at radius 2 is 1.58 bits per heavy atom. The molecule has 1 aromatic heterocycles. The molecule has 0 aliphatic rings. The number of alkyl halides is 3. The Labute approximate surface area is 108 Å². The summed E-state index contributed by atoms with van der Waals surface area (Å²) < 4.78 is 39.0. The second-order valence-electron chi connectivity index (χ2n) is 4.61. The Kier molecular flexibility index (Phi) is 3.04. The van der Waals surface area contributed by atoms with Crippen LogP contribution in [0.15, 0.2) is 18.2 Å². The minimum absolute atomic E-state index is 0.0256. The topological polar surface area (TPSA) is 43.8 Å². The highest BCUT2D eigenvalue weighted by molar-refractivity contribution is 5.53. The standard InChI is InChI=1S/C13H14F3N3/c1-7-4-8(2)12(9(3)5-7)19-11(17)6-10(18-19)13(14,15)16/h4-6H,17H2,1-3H3. The fraction of sp³-hybridized carbons (Fsp3) is 0.308. The van der Waals surface area contributed by atoms with Gasteiger partial charge in [-0.2, -0.15) is 18.3 Å². The van der Waals surface area contributed by atoms with Crippen LogP contribution in [0.1, 0.15) is 22.4 Å². The zero-order valence-electron chi connectivity index (χ0n) is 10.8. The number of anilines is 1. The Morgan fingerprint density at radius 3 is 2.00 bits per heavy atom. The summed E-state index contributed by atoms with van der Waals surface area (Å²) in [5, 5.41) is 3.57. The molecule has 0 unspecified atom stereocenters. The maximum atomic E-state index is 12.6. The zero-order valence-corrected chi connectivity index (χ0v) is 10.8. The van der Waals surface area contributed by atoms with Crippen LogP contribution in [-0.4, -0.2) is 9.78 Å². The monoisotopic (exact) mass is 269 g/mol. The molecule has 0 aliphatic carbocycles. The lowest BCUT2D eigenvalue weighted by molar-refractivity contribution is -0.141. The van der Waals surface area contributed by atoms with E-state index in [2.05, 4.69) is 5.10 Å². The van der Waals surface area contributed by atoms with Crippen LogP contribution in [0.25, 0.3) is 5.69 Å². The number of rotatable bonds is 1. The molecule has 0 bridgehead atoms. The number of aromatic nitrogens is 2. The summed E-state index contributed by atoms with van der Waals surface area (Å²) in [5.41, 5.74) is 7.97. The van der Waals surface area contributed by atoms with E-state index in [1.807, 2.05) is 32.9 Å². The first kappa shape index (κ1) is 13.5. The Balaban J connectivity index is 2.64. The van der Waals surface area contributed by atoms with Gasteiger partial charge in [0.2, 0.25) is 0 Å². The number of nitrogens with two attached hydrogens (primary N) is 1. The molecule has 1 heterocycles. The van der Waals surface area contributed by atoms with Gasteiger partial charge >= 0.3 is 6.18 Å². The van der Waals surface area contributed by atoms with E-state index in [1.165, 1.54) is 0 Å². The van der Waals surface area contributed by atoms with Gasteiger partial charge in [0.25, 0.3) is 0 Å². The van der Waals surface area contributed by atoms with Crippen molar-refractivity contribution < 1.29 is 13.2 Å². The first-order valence-corrected chi connectivity index (χ1v) is 5.71. The van der Waals surface area contributed by atoms with Gasteiger partial charge < -0.3 is 5.73 Å². The second kappa shape index (κ2) is 4.29. The number of benzene rings is 1. The lowest BCUT2D eigenvalue weighted by atomic mass is 10.1. The maximum absolute atomic E-state index is 12.6. The van der Waals surface area contributed by atoms with Gasteiger partial charge in [-0.3, -0.25) is 0 Å². The van der Waals surface area contributed by atoms with Crippen molar-refractivity contribution in [1.82, 2.24) is 9.78 Å². The van der Waals surface area contributed by atoms with Gasteiger partial charge in [0, 0.05) is 6.07 Å². The third-order valence-electron chi connectivity index (χ3n) is 2.87. The molecular weight excluding hydrogens is 255 g/mol. The van der Waals surface area contributed by atoms with Crippen molar-refractivity contribution in [2.75, 3.05) is 5.73 Å². The van der Waals surface area contributed by atoms with E-state index in [0.717, 1.165) is 27.4 Å². The number of nitrogens with zero attached hydrogens (tertiary/aromatic N) is 2. The molecule has 0 aliphatic heterocycles. The molecule has 6 heteroatoms. The van der Waals surface area contributed by atoms with Crippen LogP contribution in [0.4, 0.5) is 19.0 Å². The van der Waals surface area contributed by atoms with E-state index in [4.69, 9.17) is 5.73 Å². The van der Waals surface area contributed by atoms with Gasteiger partial charge in [0.15, 0.2) is 5.69 Å². The second-order valence-corrected chi connectivity index (χ2v) is 4.61. The third kappa shape index (κ3) is 2.43. The Hall–Kier alpha value is -1.98. The fourth-order valence-corrected chi connectivity index (χ4v) is 2.22. The SMILES string of the molecule is Cc1cc(C)c(-n2nc(C(F)(F)F)cc2N)c(C)c1. The minimum Gasteiger partial charge on any atom is -0.384 e. The number of hydrogen-bond donors (Lipinski definition) is 1. The zero-order chi connectivity index (χ0) is 14.4. The Morgan fingerprint density at radius 1 is 1.05 bits per heavy atom. The van der Waals surface area contributed by atoms with Crippen LogP contribution in [0.3, 0.4) is 0 Å². The summed E-state index contributed by atoms with van der Waals surface area (Å²) in [6.07, 6.45) is -4.49. The number of aryl methyl sites for hydroxylation is 3. The highest BCUT2D eigenvalue weighted by Gasteiger charge is 2.35. The first-order chi connectivity index (χ1) is 8.70. The molecule has 0 spiro atoms. The molecule has 0 radical (unpaired) electrons. The van der Waals surface area contributed by atoms with Crippen molar-refractivity contribution in [3.05, 3.63) is 40.6 Å². The van der Waals surface area contributed by atoms with E-state index in [1.54, 1.807) is 0 Å². The van der Waals surface area contributed by atoms with E-state index >= 15 is 0 Å². The summed E-state index contributed by atoms with van der Waals surface area (Å²) in [7, 11) is 0. The highest BCUT2D eigenvalue weighted by Crippen LogP contribution is 2.31. The van der Waals surface area contributed by atoms with E-state index < -0.39 is 11.9 Å². The predicted molar refractivity (Wildman–Crippen MR) is 67.2 cm³/mol. The molecule has 1 aromatic carbocycles. The van der Waals surface area contributed by atoms with Crippen LogP contribution >= 0.6 is 0 Å². The molecule has 0 fully saturated rings. The van der Waals surface area contributed by atoms with Crippen molar-refractivity contribution in [1.29, 1.82) is 0 Å². The van der Waals surface area contributed by atoms with Gasteiger partial charge in [-0.1, -0.05) is 17.7 Å². The molecule has 0 amide bonds. The van der Waals surface area contributed by atoms with Crippen molar-refractivity contribution in [2.45, 2.75) is 26.9 Å². The summed E-state index contributed by atoms with van der Waals surface area (Å²) >= 11 is 0. The van der Waals surface area contributed by atoms with Crippen molar-refractivity contribution in [3.63, 3.8) is 0 Å². The van der Waals surface area contributed by atoms with Crippen molar-refractivity contribution in [3.8, 4) is 5.69 Å². The predicted octanol–water partition coefficient (Wildman–Crippen LogP) is 3.40. The highest BCUT2D eigenvalue weighted by atomic mass is 19.4. The third-order valence-corrected chi connectivity index (χ3v) is 2.87. The summed E-state index contributed by atoms with van der Waals surface area (Å²) in [4.78, 5) is 0. The lowest BCUT2D eigenvalue weighted by Gasteiger charge is -2.12. The van der Waals surface area contributed by atoms with E-state index in [0.29, 0.717) is 5.69 Å². The van der Waals surface area contributed by atoms with E-state index in [-0.39, 0.29) is 5.82 Å². The van der Waals surface area contributed by atoms with Gasteiger partial charge in [-0.25, -0.2) is 4.68 Å². The van der Waals surface area contributed by atoms with E-state index in [9.17, 15) is 13.2 Å². The average molecular weight is 269 g/mol. The Bertz CT molecular complexity index is 604. The summed E-state index contributed by atoms with van der Waals surface area (Å²) in [6, 6.07) is 4.62.